The fraction of sp³-hybridized carbons (Fsp3) is 1.00. The van der Waals surface area contributed by atoms with Crippen LogP contribution in [-0.4, -0.2) is 51.5 Å². The Bertz CT molecular complexity index is 301. The first-order valence-electron chi connectivity index (χ1n) is 7.37. The van der Waals surface area contributed by atoms with Crippen LogP contribution in [0.15, 0.2) is 0 Å². The average molecular weight is 270 g/mol. The van der Waals surface area contributed by atoms with Crippen LogP contribution in [0, 0.1) is 0 Å². The molecule has 2 saturated heterocycles. The lowest BCUT2D eigenvalue weighted by Crippen LogP contribution is -2.61. The Morgan fingerprint density at radius 2 is 2.00 bits per heavy atom. The molecule has 18 heavy (non-hydrogen) atoms. The molecule has 106 valence electrons. The van der Waals surface area contributed by atoms with Gasteiger partial charge in [-0.25, -0.2) is 0 Å². The summed E-state index contributed by atoms with van der Waals surface area (Å²) in [7, 11) is -1.61. The molecule has 0 aliphatic carbocycles. The predicted molar refractivity (Wildman–Crippen MR) is 79.6 cm³/mol. The van der Waals surface area contributed by atoms with Crippen LogP contribution in [0.1, 0.15) is 33.6 Å². The van der Waals surface area contributed by atoms with Crippen molar-refractivity contribution in [1.29, 1.82) is 0 Å². The first-order valence-corrected chi connectivity index (χ1v) is 10.3. The maximum atomic E-state index is 6.50. The van der Waals surface area contributed by atoms with E-state index in [0.29, 0.717) is 10.6 Å². The largest absolute Gasteiger partial charge is 0.415 e. The molecule has 4 heteroatoms. The molecule has 0 amide bonds. The van der Waals surface area contributed by atoms with Gasteiger partial charge in [0.25, 0.3) is 0 Å². The molecule has 1 unspecified atom stereocenters. The fourth-order valence-corrected chi connectivity index (χ4v) is 3.89. The van der Waals surface area contributed by atoms with Crippen LogP contribution in [0.3, 0.4) is 0 Å². The number of piperazine rings is 1. The van der Waals surface area contributed by atoms with E-state index < -0.39 is 8.32 Å². The Morgan fingerprint density at radius 3 is 2.67 bits per heavy atom. The van der Waals surface area contributed by atoms with Crippen molar-refractivity contribution in [3.8, 4) is 0 Å². The summed E-state index contributed by atoms with van der Waals surface area (Å²) in [5, 5.41) is 3.88. The van der Waals surface area contributed by atoms with Crippen molar-refractivity contribution in [3.05, 3.63) is 0 Å². The highest BCUT2D eigenvalue weighted by molar-refractivity contribution is 6.74. The maximum absolute atomic E-state index is 6.50. The van der Waals surface area contributed by atoms with Crippen LogP contribution in [0.25, 0.3) is 0 Å². The number of rotatable bonds is 3. The Kier molecular flexibility index (Phi) is 3.94. The monoisotopic (exact) mass is 270 g/mol. The van der Waals surface area contributed by atoms with Crippen molar-refractivity contribution in [2.24, 2.45) is 0 Å². The minimum absolute atomic E-state index is 0.299. The Balaban J connectivity index is 2.00. The topological polar surface area (TPSA) is 24.5 Å². The number of hydrogen-bond acceptors (Lipinski definition) is 3. The minimum atomic E-state index is -1.61. The second kappa shape index (κ2) is 4.89. The molecule has 2 rings (SSSR count). The zero-order valence-electron chi connectivity index (χ0n) is 12.8. The van der Waals surface area contributed by atoms with Gasteiger partial charge < -0.3 is 9.74 Å². The van der Waals surface area contributed by atoms with Gasteiger partial charge >= 0.3 is 0 Å². The van der Waals surface area contributed by atoms with Crippen LogP contribution >= 0.6 is 0 Å². The van der Waals surface area contributed by atoms with Gasteiger partial charge in [0.15, 0.2) is 8.32 Å². The lowest BCUT2D eigenvalue weighted by Gasteiger charge is -2.46. The smallest absolute Gasteiger partial charge is 0.192 e. The Hall–Kier alpha value is 0.0969. The zero-order chi connectivity index (χ0) is 13.4. The number of hydrogen-bond donors (Lipinski definition) is 1. The van der Waals surface area contributed by atoms with E-state index in [0.717, 1.165) is 19.7 Å². The summed E-state index contributed by atoms with van der Waals surface area (Å²) < 4.78 is 6.50. The molecule has 0 spiro atoms. The van der Waals surface area contributed by atoms with Crippen LogP contribution in [-0.2, 0) is 4.43 Å². The molecule has 2 fully saturated rings. The summed E-state index contributed by atoms with van der Waals surface area (Å²) in [6, 6.07) is 0. The highest BCUT2D eigenvalue weighted by Gasteiger charge is 2.45. The summed E-state index contributed by atoms with van der Waals surface area (Å²) in [6.07, 6.45) is 2.64. The molecule has 1 atom stereocenters. The van der Waals surface area contributed by atoms with Crippen LogP contribution in [0.2, 0.25) is 18.1 Å². The summed E-state index contributed by atoms with van der Waals surface area (Å²) in [6.45, 7) is 17.3. The summed E-state index contributed by atoms with van der Waals surface area (Å²) in [5.74, 6) is 0. The summed E-state index contributed by atoms with van der Waals surface area (Å²) in [5.41, 5.74) is 0.299. The van der Waals surface area contributed by atoms with Crippen molar-refractivity contribution < 1.29 is 4.43 Å². The van der Waals surface area contributed by atoms with Crippen molar-refractivity contribution >= 4 is 8.32 Å². The van der Waals surface area contributed by atoms with Crippen LogP contribution in [0.5, 0.6) is 0 Å². The molecule has 1 N–H and O–H groups in total. The second-order valence-corrected chi connectivity index (χ2v) is 12.4. The SMILES string of the molecule is CC(C)(C)[Si](C)(C)OCC12CCCN1CCNC2. The van der Waals surface area contributed by atoms with Crippen molar-refractivity contribution in [2.75, 3.05) is 32.8 Å². The Morgan fingerprint density at radius 1 is 1.28 bits per heavy atom. The van der Waals surface area contributed by atoms with E-state index in [2.05, 4.69) is 44.1 Å². The number of nitrogens with zero attached hydrogens (tertiary/aromatic N) is 1. The third kappa shape index (κ3) is 2.67. The third-order valence-corrected chi connectivity index (χ3v) is 9.74. The number of nitrogens with one attached hydrogen (secondary N) is 1. The standard InChI is InChI=1S/C14H30N2OSi/c1-13(2,3)18(4,5)17-12-14-7-6-9-16(14)10-8-15-11-14/h15H,6-12H2,1-5H3. The van der Waals surface area contributed by atoms with Crippen LogP contribution < -0.4 is 5.32 Å². The fourth-order valence-electron chi connectivity index (χ4n) is 2.82. The molecular formula is C14H30N2OSi. The van der Waals surface area contributed by atoms with E-state index in [-0.39, 0.29) is 0 Å². The quantitative estimate of drug-likeness (QED) is 0.797. The summed E-state index contributed by atoms with van der Waals surface area (Å²) in [4.78, 5) is 2.66. The second-order valence-electron chi connectivity index (χ2n) is 7.54. The van der Waals surface area contributed by atoms with Gasteiger partial charge in [0, 0.05) is 19.6 Å². The molecule has 2 heterocycles. The summed E-state index contributed by atoms with van der Waals surface area (Å²) >= 11 is 0. The third-order valence-electron chi connectivity index (χ3n) is 5.26. The zero-order valence-corrected chi connectivity index (χ0v) is 13.8. The van der Waals surface area contributed by atoms with Gasteiger partial charge in [0.05, 0.1) is 12.1 Å². The molecule has 0 aromatic heterocycles. The Labute approximate surface area is 113 Å². The van der Waals surface area contributed by atoms with E-state index in [4.69, 9.17) is 4.43 Å². The van der Waals surface area contributed by atoms with E-state index in [1.165, 1.54) is 25.9 Å². The molecule has 0 bridgehead atoms. The number of fused-ring (bicyclic) bond motifs is 1. The lowest BCUT2D eigenvalue weighted by molar-refractivity contribution is 0.0487. The van der Waals surface area contributed by atoms with Gasteiger partial charge in [0.2, 0.25) is 0 Å². The van der Waals surface area contributed by atoms with Crippen molar-refractivity contribution in [2.45, 2.75) is 57.3 Å². The highest BCUT2D eigenvalue weighted by atomic mass is 28.4. The van der Waals surface area contributed by atoms with E-state index >= 15 is 0 Å². The molecule has 0 saturated carbocycles. The predicted octanol–water partition coefficient (Wildman–Crippen LogP) is 2.45. The molecular weight excluding hydrogens is 240 g/mol. The maximum Gasteiger partial charge on any atom is 0.192 e. The highest BCUT2D eigenvalue weighted by Crippen LogP contribution is 2.39. The molecule has 3 nitrogen and oxygen atoms in total. The van der Waals surface area contributed by atoms with Crippen LogP contribution in [0.4, 0.5) is 0 Å². The molecule has 2 aliphatic heterocycles. The average Bonchev–Trinajstić information content (AvgIpc) is 2.69. The van der Waals surface area contributed by atoms with Gasteiger partial charge in [-0.2, -0.15) is 0 Å². The van der Waals surface area contributed by atoms with Crippen molar-refractivity contribution in [3.63, 3.8) is 0 Å². The van der Waals surface area contributed by atoms with Gasteiger partial charge in [0.1, 0.15) is 0 Å². The first kappa shape index (κ1) is 14.5. The normalized spacial score (nSPS) is 30.5. The van der Waals surface area contributed by atoms with E-state index in [1.54, 1.807) is 0 Å². The van der Waals surface area contributed by atoms with Crippen molar-refractivity contribution in [1.82, 2.24) is 10.2 Å². The van der Waals surface area contributed by atoms with Gasteiger partial charge in [-0.1, -0.05) is 20.8 Å². The molecule has 2 aliphatic rings. The van der Waals surface area contributed by atoms with E-state index in [9.17, 15) is 0 Å². The molecule has 0 aromatic rings. The molecule has 0 radical (unpaired) electrons. The van der Waals surface area contributed by atoms with Gasteiger partial charge in [-0.3, -0.25) is 4.90 Å². The first-order chi connectivity index (χ1) is 8.27. The van der Waals surface area contributed by atoms with Gasteiger partial charge in [-0.05, 0) is 37.5 Å². The minimum Gasteiger partial charge on any atom is -0.415 e. The van der Waals surface area contributed by atoms with Gasteiger partial charge in [-0.15, -0.1) is 0 Å². The van der Waals surface area contributed by atoms with E-state index in [1.807, 2.05) is 0 Å². The molecule has 0 aromatic carbocycles. The lowest BCUT2D eigenvalue weighted by atomic mass is 9.95.